The Hall–Kier alpha value is -1.10. The number of carbonyl (C=O) groups is 2. The predicted molar refractivity (Wildman–Crippen MR) is 92.2 cm³/mol. The fraction of sp³-hybridized carbons (Fsp3) is 0.889. The Morgan fingerprint density at radius 3 is 2.30 bits per heavy atom. The molecule has 0 spiro atoms. The van der Waals surface area contributed by atoms with Crippen LogP contribution in [0.1, 0.15) is 65.7 Å². The van der Waals surface area contributed by atoms with Gasteiger partial charge in [-0.05, 0) is 39.2 Å². The molecule has 1 rings (SSSR count). The van der Waals surface area contributed by atoms with Crippen molar-refractivity contribution >= 4 is 11.9 Å². The fourth-order valence-corrected chi connectivity index (χ4v) is 3.40. The van der Waals surface area contributed by atoms with Crippen molar-refractivity contribution in [2.45, 2.75) is 77.8 Å². The summed E-state index contributed by atoms with van der Waals surface area (Å²) in [5, 5.41) is 0. The van der Waals surface area contributed by atoms with Gasteiger partial charge in [-0.25, -0.2) is 0 Å². The zero-order chi connectivity index (χ0) is 17.2. The Morgan fingerprint density at radius 2 is 1.78 bits per heavy atom. The van der Waals surface area contributed by atoms with Crippen LogP contribution in [0.15, 0.2) is 0 Å². The number of rotatable bonds is 9. The first-order valence-electron chi connectivity index (χ1n) is 9.21. The molecule has 0 aromatic heterocycles. The van der Waals surface area contributed by atoms with Crippen LogP contribution in [0.25, 0.3) is 0 Å². The zero-order valence-corrected chi connectivity index (χ0v) is 15.3. The maximum absolute atomic E-state index is 12.7. The summed E-state index contributed by atoms with van der Waals surface area (Å²) in [7, 11) is 1.91. The number of hydrogen-bond donors (Lipinski definition) is 0. The molecule has 5 nitrogen and oxygen atoms in total. The molecule has 1 fully saturated rings. The van der Waals surface area contributed by atoms with Gasteiger partial charge in [0.05, 0.1) is 13.2 Å². The van der Waals surface area contributed by atoms with E-state index >= 15 is 0 Å². The predicted octanol–water partition coefficient (Wildman–Crippen LogP) is 2.83. The number of nitrogens with zero attached hydrogens (tertiary/aromatic N) is 2. The number of ether oxygens (including phenoxy) is 1. The largest absolute Gasteiger partial charge is 0.465 e. The number of carbonyl (C=O) groups excluding carboxylic acids is 2. The second-order valence-corrected chi connectivity index (χ2v) is 6.44. The van der Waals surface area contributed by atoms with Crippen LogP contribution in [0.2, 0.25) is 0 Å². The minimum atomic E-state index is -0.321. The van der Waals surface area contributed by atoms with E-state index in [-0.39, 0.29) is 17.9 Å². The van der Waals surface area contributed by atoms with E-state index in [9.17, 15) is 9.59 Å². The first-order chi connectivity index (χ1) is 11.0. The van der Waals surface area contributed by atoms with Crippen LogP contribution in [0.3, 0.4) is 0 Å². The van der Waals surface area contributed by atoms with Crippen molar-refractivity contribution in [2.24, 2.45) is 0 Å². The summed E-state index contributed by atoms with van der Waals surface area (Å²) in [5.74, 6) is -0.0929. The Labute approximate surface area is 141 Å². The highest BCUT2D eigenvalue weighted by molar-refractivity contribution is 5.80. The van der Waals surface area contributed by atoms with E-state index in [1.54, 1.807) is 0 Å². The van der Waals surface area contributed by atoms with Crippen LogP contribution in [0.4, 0.5) is 0 Å². The molecule has 1 aliphatic carbocycles. The van der Waals surface area contributed by atoms with Gasteiger partial charge in [0.2, 0.25) is 5.91 Å². The lowest BCUT2D eigenvalue weighted by Crippen LogP contribution is -2.49. The summed E-state index contributed by atoms with van der Waals surface area (Å²) < 4.78 is 5.18. The van der Waals surface area contributed by atoms with E-state index in [4.69, 9.17) is 4.74 Å². The monoisotopic (exact) mass is 326 g/mol. The molecule has 0 radical (unpaired) electrons. The summed E-state index contributed by atoms with van der Waals surface area (Å²) >= 11 is 0. The van der Waals surface area contributed by atoms with Crippen molar-refractivity contribution in [3.63, 3.8) is 0 Å². The highest BCUT2D eigenvalue weighted by Crippen LogP contribution is 2.22. The topological polar surface area (TPSA) is 49.9 Å². The van der Waals surface area contributed by atoms with E-state index < -0.39 is 0 Å². The highest BCUT2D eigenvalue weighted by Gasteiger charge is 2.29. The minimum Gasteiger partial charge on any atom is -0.465 e. The van der Waals surface area contributed by atoms with Crippen molar-refractivity contribution in [2.75, 3.05) is 26.7 Å². The van der Waals surface area contributed by atoms with Gasteiger partial charge < -0.3 is 9.64 Å². The first kappa shape index (κ1) is 19.9. The molecule has 5 heteroatoms. The van der Waals surface area contributed by atoms with Crippen molar-refractivity contribution in [1.29, 1.82) is 0 Å². The van der Waals surface area contributed by atoms with Gasteiger partial charge in [0.15, 0.2) is 0 Å². The van der Waals surface area contributed by atoms with Gasteiger partial charge in [-0.3, -0.25) is 14.5 Å². The van der Waals surface area contributed by atoms with Crippen LogP contribution in [-0.4, -0.2) is 60.5 Å². The molecule has 0 aromatic carbocycles. The van der Waals surface area contributed by atoms with Gasteiger partial charge in [-0.15, -0.1) is 0 Å². The first-order valence-corrected chi connectivity index (χ1v) is 9.21. The molecule has 0 heterocycles. The van der Waals surface area contributed by atoms with Crippen LogP contribution >= 0.6 is 0 Å². The molecule has 134 valence electrons. The van der Waals surface area contributed by atoms with E-state index in [1.807, 2.05) is 30.7 Å². The number of amides is 1. The molecular weight excluding hydrogens is 292 g/mol. The Balaban J connectivity index is 2.68. The highest BCUT2D eigenvalue weighted by atomic mass is 16.5. The second-order valence-electron chi connectivity index (χ2n) is 6.44. The van der Waals surface area contributed by atoms with Crippen LogP contribution < -0.4 is 0 Å². The van der Waals surface area contributed by atoms with E-state index in [2.05, 4.69) is 6.92 Å². The molecule has 0 unspecified atom stereocenters. The fourth-order valence-electron chi connectivity index (χ4n) is 3.40. The standard InChI is InChI=1S/C18H34N2O3/c1-5-13-20(16(6-2)18(22)23-7-3)14-17(21)19(4)15-11-9-8-10-12-15/h15-16H,5-14H2,1-4H3/t16-/m0/s1. The number of esters is 1. The van der Waals surface area contributed by atoms with Gasteiger partial charge in [0.1, 0.15) is 6.04 Å². The maximum Gasteiger partial charge on any atom is 0.323 e. The summed E-state index contributed by atoms with van der Waals surface area (Å²) in [5.41, 5.74) is 0. The molecule has 0 saturated heterocycles. The molecule has 1 amide bonds. The lowest BCUT2D eigenvalue weighted by atomic mass is 9.94. The quantitative estimate of drug-likeness (QED) is 0.611. The molecule has 1 atom stereocenters. The average molecular weight is 326 g/mol. The zero-order valence-electron chi connectivity index (χ0n) is 15.3. The van der Waals surface area contributed by atoms with Crippen LogP contribution in [-0.2, 0) is 14.3 Å². The van der Waals surface area contributed by atoms with E-state index in [1.165, 1.54) is 19.3 Å². The Kier molecular flexibility index (Phi) is 9.22. The van der Waals surface area contributed by atoms with Gasteiger partial charge in [-0.2, -0.15) is 0 Å². The molecular formula is C18H34N2O3. The lowest BCUT2D eigenvalue weighted by molar-refractivity contribution is -0.150. The van der Waals surface area contributed by atoms with E-state index in [0.29, 0.717) is 25.6 Å². The summed E-state index contributed by atoms with van der Waals surface area (Å²) in [4.78, 5) is 28.7. The Morgan fingerprint density at radius 1 is 1.13 bits per heavy atom. The smallest absolute Gasteiger partial charge is 0.323 e. The van der Waals surface area contributed by atoms with Crippen LogP contribution in [0.5, 0.6) is 0 Å². The summed E-state index contributed by atoms with van der Waals surface area (Å²) in [6.45, 7) is 7.28. The molecule has 1 saturated carbocycles. The van der Waals surface area contributed by atoms with Crippen LogP contribution in [0, 0.1) is 0 Å². The maximum atomic E-state index is 12.7. The number of likely N-dealkylation sites (N-methyl/N-ethyl adjacent to an activating group) is 1. The van der Waals surface area contributed by atoms with Gasteiger partial charge in [0.25, 0.3) is 0 Å². The van der Waals surface area contributed by atoms with Gasteiger partial charge >= 0.3 is 5.97 Å². The lowest BCUT2D eigenvalue weighted by Gasteiger charge is -2.34. The van der Waals surface area contributed by atoms with Crippen molar-refractivity contribution in [3.8, 4) is 0 Å². The summed E-state index contributed by atoms with van der Waals surface area (Å²) in [6.07, 6.45) is 7.48. The molecule has 23 heavy (non-hydrogen) atoms. The van der Waals surface area contributed by atoms with Crippen molar-refractivity contribution in [1.82, 2.24) is 9.80 Å². The summed E-state index contributed by atoms with van der Waals surface area (Å²) in [6, 6.07) is 0.0426. The third kappa shape index (κ3) is 6.13. The minimum absolute atomic E-state index is 0.119. The number of hydrogen-bond acceptors (Lipinski definition) is 4. The molecule has 0 aromatic rings. The third-order valence-corrected chi connectivity index (χ3v) is 4.75. The SMILES string of the molecule is CCCN(CC(=O)N(C)C1CCCCC1)[C@@H](CC)C(=O)OCC. The third-order valence-electron chi connectivity index (χ3n) is 4.75. The Bertz CT molecular complexity index is 367. The van der Waals surface area contributed by atoms with Gasteiger partial charge in [-0.1, -0.05) is 33.1 Å². The molecule has 0 N–H and O–H groups in total. The van der Waals surface area contributed by atoms with E-state index in [0.717, 1.165) is 25.8 Å². The molecule has 0 aliphatic heterocycles. The molecule has 0 bridgehead atoms. The van der Waals surface area contributed by atoms with Crippen molar-refractivity contribution in [3.05, 3.63) is 0 Å². The second kappa shape index (κ2) is 10.6. The van der Waals surface area contributed by atoms with Crippen molar-refractivity contribution < 1.29 is 14.3 Å². The molecule has 1 aliphatic rings. The van der Waals surface area contributed by atoms with Gasteiger partial charge in [0, 0.05) is 13.1 Å². The average Bonchev–Trinajstić information content (AvgIpc) is 2.56. The normalized spacial score (nSPS) is 17.1.